The highest BCUT2D eigenvalue weighted by molar-refractivity contribution is 7.98. The number of thioether (sulfide) groups is 1. The van der Waals surface area contributed by atoms with Gasteiger partial charge in [0.1, 0.15) is 0 Å². The van der Waals surface area contributed by atoms with Gasteiger partial charge in [-0.05, 0) is 12.1 Å². The Balaban J connectivity index is 1.97. The van der Waals surface area contributed by atoms with Crippen LogP contribution in [0.25, 0.3) is 0 Å². The molecule has 7 nitrogen and oxygen atoms in total. The molecule has 17 heavy (non-hydrogen) atoms. The van der Waals surface area contributed by atoms with E-state index < -0.39 is 5.97 Å². The number of aromatic nitrogens is 4. The standard InChI is InChI=1S/C9H9N5O2S/c10-8-12-9(14-13-8)17-4-6-2-1-5(3-11-6)7(15)16/h1-3H,4H2,(H,15,16)(H3,10,12,13,14). The number of nitrogens with two attached hydrogens (primary N) is 1. The summed E-state index contributed by atoms with van der Waals surface area (Å²) in [4.78, 5) is 18.6. The van der Waals surface area contributed by atoms with E-state index in [1.165, 1.54) is 24.0 Å². The lowest BCUT2D eigenvalue weighted by molar-refractivity contribution is 0.0696. The molecule has 0 aromatic carbocycles. The largest absolute Gasteiger partial charge is 0.478 e. The van der Waals surface area contributed by atoms with Crippen LogP contribution in [0, 0.1) is 0 Å². The van der Waals surface area contributed by atoms with E-state index in [0.29, 0.717) is 10.9 Å². The van der Waals surface area contributed by atoms with Gasteiger partial charge < -0.3 is 10.8 Å². The van der Waals surface area contributed by atoms with Crippen LogP contribution in [0.15, 0.2) is 23.5 Å². The number of anilines is 1. The minimum absolute atomic E-state index is 0.167. The van der Waals surface area contributed by atoms with Crippen LogP contribution in [0.1, 0.15) is 16.1 Å². The lowest BCUT2D eigenvalue weighted by atomic mass is 10.2. The Hall–Kier alpha value is -2.09. The van der Waals surface area contributed by atoms with Crippen molar-refractivity contribution in [2.45, 2.75) is 10.9 Å². The van der Waals surface area contributed by atoms with E-state index in [-0.39, 0.29) is 11.5 Å². The Bertz CT molecular complexity index is 524. The molecule has 0 aliphatic carbocycles. The van der Waals surface area contributed by atoms with Gasteiger partial charge in [0.2, 0.25) is 11.1 Å². The van der Waals surface area contributed by atoms with Gasteiger partial charge in [0.25, 0.3) is 0 Å². The van der Waals surface area contributed by atoms with Gasteiger partial charge >= 0.3 is 5.97 Å². The third-order valence-corrected chi connectivity index (χ3v) is 2.78. The number of hydrogen-bond donors (Lipinski definition) is 3. The van der Waals surface area contributed by atoms with Gasteiger partial charge in [0, 0.05) is 11.9 Å². The monoisotopic (exact) mass is 251 g/mol. The first-order valence-electron chi connectivity index (χ1n) is 4.64. The molecule has 0 amide bonds. The number of nitrogen functional groups attached to an aromatic ring is 1. The number of hydrogen-bond acceptors (Lipinski definition) is 6. The van der Waals surface area contributed by atoms with Crippen molar-refractivity contribution in [2.75, 3.05) is 5.73 Å². The van der Waals surface area contributed by atoms with Gasteiger partial charge in [0.05, 0.1) is 11.3 Å². The summed E-state index contributed by atoms with van der Waals surface area (Å²) < 4.78 is 0. The zero-order valence-electron chi connectivity index (χ0n) is 8.62. The maximum Gasteiger partial charge on any atom is 0.337 e. The summed E-state index contributed by atoms with van der Waals surface area (Å²) in [6.07, 6.45) is 1.32. The number of nitrogens with one attached hydrogen (secondary N) is 1. The van der Waals surface area contributed by atoms with Gasteiger partial charge in [-0.25, -0.2) is 9.89 Å². The van der Waals surface area contributed by atoms with Crippen LogP contribution in [0.4, 0.5) is 5.95 Å². The van der Waals surface area contributed by atoms with Crippen LogP contribution in [-0.2, 0) is 5.75 Å². The molecule has 2 heterocycles. The highest BCUT2D eigenvalue weighted by Crippen LogP contribution is 2.18. The Labute approximate surface area is 100 Å². The van der Waals surface area contributed by atoms with Crippen molar-refractivity contribution < 1.29 is 9.90 Å². The minimum atomic E-state index is -0.988. The Morgan fingerprint density at radius 1 is 1.53 bits per heavy atom. The fourth-order valence-corrected chi connectivity index (χ4v) is 1.82. The van der Waals surface area contributed by atoms with Gasteiger partial charge in [-0.2, -0.15) is 4.98 Å². The summed E-state index contributed by atoms with van der Waals surface area (Å²) in [6.45, 7) is 0. The normalized spacial score (nSPS) is 10.4. The molecule has 0 saturated heterocycles. The number of rotatable bonds is 4. The van der Waals surface area contributed by atoms with Crippen molar-refractivity contribution in [2.24, 2.45) is 0 Å². The highest BCUT2D eigenvalue weighted by Gasteiger charge is 2.05. The van der Waals surface area contributed by atoms with E-state index in [0.717, 1.165) is 5.69 Å². The molecule has 0 fully saturated rings. The van der Waals surface area contributed by atoms with Crippen molar-refractivity contribution in [3.63, 3.8) is 0 Å². The molecule has 0 bridgehead atoms. The van der Waals surface area contributed by atoms with Crippen LogP contribution in [0.5, 0.6) is 0 Å². The molecule has 0 spiro atoms. The highest BCUT2D eigenvalue weighted by atomic mass is 32.2. The van der Waals surface area contributed by atoms with Crippen molar-refractivity contribution in [1.82, 2.24) is 20.2 Å². The SMILES string of the molecule is Nc1nc(SCc2ccc(C(=O)O)cn2)n[nH]1. The number of aromatic carboxylic acids is 1. The lowest BCUT2D eigenvalue weighted by Gasteiger charge is -1.98. The number of pyridine rings is 1. The smallest absolute Gasteiger partial charge is 0.337 e. The molecule has 2 rings (SSSR count). The zero-order chi connectivity index (χ0) is 12.3. The maximum absolute atomic E-state index is 10.6. The molecule has 0 unspecified atom stereocenters. The zero-order valence-corrected chi connectivity index (χ0v) is 9.44. The average Bonchev–Trinajstić information content (AvgIpc) is 2.73. The van der Waals surface area contributed by atoms with E-state index in [9.17, 15) is 4.79 Å². The van der Waals surface area contributed by atoms with E-state index in [1.54, 1.807) is 6.07 Å². The van der Waals surface area contributed by atoms with Crippen LogP contribution in [0.3, 0.4) is 0 Å². The summed E-state index contributed by atoms with van der Waals surface area (Å²) in [7, 11) is 0. The fourth-order valence-electron chi connectivity index (χ4n) is 1.10. The number of carboxylic acid groups (broad SMARTS) is 1. The number of carbonyl (C=O) groups is 1. The molecule has 2 aromatic heterocycles. The third kappa shape index (κ3) is 2.94. The summed E-state index contributed by atoms with van der Waals surface area (Å²) in [6, 6.07) is 3.17. The van der Waals surface area contributed by atoms with Crippen LogP contribution in [-0.4, -0.2) is 31.2 Å². The van der Waals surface area contributed by atoms with Gasteiger partial charge in [-0.3, -0.25) is 4.98 Å². The first-order chi connectivity index (χ1) is 8.15. The molecule has 2 aromatic rings. The third-order valence-electron chi connectivity index (χ3n) is 1.90. The Kier molecular flexibility index (Phi) is 3.24. The van der Waals surface area contributed by atoms with E-state index >= 15 is 0 Å². The summed E-state index contributed by atoms with van der Waals surface area (Å²) in [5, 5.41) is 15.6. The van der Waals surface area contributed by atoms with Crippen molar-refractivity contribution in [1.29, 1.82) is 0 Å². The average molecular weight is 251 g/mol. The molecule has 0 atom stereocenters. The van der Waals surface area contributed by atoms with Gasteiger partial charge in [-0.15, -0.1) is 5.10 Å². The summed E-state index contributed by atoms with van der Waals surface area (Å²) >= 11 is 1.37. The van der Waals surface area contributed by atoms with Crippen molar-refractivity contribution >= 4 is 23.7 Å². The van der Waals surface area contributed by atoms with E-state index in [1.807, 2.05) is 0 Å². The number of aromatic amines is 1. The van der Waals surface area contributed by atoms with Crippen LogP contribution >= 0.6 is 11.8 Å². The number of nitrogens with zero attached hydrogens (tertiary/aromatic N) is 3. The molecular formula is C9H9N5O2S. The molecule has 0 aliphatic heterocycles. The second-order valence-electron chi connectivity index (χ2n) is 3.14. The second-order valence-corrected chi connectivity index (χ2v) is 4.08. The molecule has 0 saturated carbocycles. The molecular weight excluding hydrogens is 242 g/mol. The molecule has 0 radical (unpaired) electrons. The van der Waals surface area contributed by atoms with Gasteiger partial charge in [0.15, 0.2) is 0 Å². The predicted molar refractivity (Wildman–Crippen MR) is 61.6 cm³/mol. The summed E-state index contributed by atoms with van der Waals surface area (Å²) in [5.41, 5.74) is 6.30. The second kappa shape index (κ2) is 4.83. The molecule has 0 aliphatic rings. The van der Waals surface area contributed by atoms with Crippen LogP contribution in [0.2, 0.25) is 0 Å². The van der Waals surface area contributed by atoms with Crippen LogP contribution < -0.4 is 5.73 Å². The van der Waals surface area contributed by atoms with Gasteiger partial charge in [-0.1, -0.05) is 11.8 Å². The van der Waals surface area contributed by atoms with E-state index in [2.05, 4.69) is 20.2 Å². The predicted octanol–water partition coefficient (Wildman–Crippen LogP) is 0.772. The first kappa shape index (κ1) is 11.4. The first-order valence-corrected chi connectivity index (χ1v) is 5.62. The number of carboxylic acids is 1. The quantitative estimate of drug-likeness (QED) is 0.687. The lowest BCUT2D eigenvalue weighted by Crippen LogP contribution is -1.98. The summed E-state index contributed by atoms with van der Waals surface area (Å²) in [5.74, 6) is -0.169. The molecule has 88 valence electrons. The minimum Gasteiger partial charge on any atom is -0.478 e. The number of H-pyrrole nitrogens is 1. The van der Waals surface area contributed by atoms with Crippen molar-refractivity contribution in [3.05, 3.63) is 29.6 Å². The topological polar surface area (TPSA) is 118 Å². The maximum atomic E-state index is 10.6. The Morgan fingerprint density at radius 2 is 2.35 bits per heavy atom. The fraction of sp³-hybridized carbons (Fsp3) is 0.111. The molecule has 8 heteroatoms. The van der Waals surface area contributed by atoms with Crippen molar-refractivity contribution in [3.8, 4) is 0 Å². The van der Waals surface area contributed by atoms with E-state index in [4.69, 9.17) is 10.8 Å². The molecule has 4 N–H and O–H groups in total. The Morgan fingerprint density at radius 3 is 2.88 bits per heavy atom.